The normalized spacial score (nSPS) is 10.2. The maximum absolute atomic E-state index is 9.56. The van der Waals surface area contributed by atoms with Crippen LogP contribution in [0.25, 0.3) is 11.1 Å². The quantitative estimate of drug-likeness (QED) is 0.451. The molecule has 4 rings (SSSR count). The lowest BCUT2D eigenvalue weighted by molar-refractivity contribution is 0.295. The van der Waals surface area contributed by atoms with Gasteiger partial charge in [-0.05, 0) is 29.8 Å². The number of rotatable bonds is 6. The first kappa shape index (κ1) is 18.3. The molecule has 0 atom stereocenters. The van der Waals surface area contributed by atoms with Crippen LogP contribution in [0.1, 0.15) is 11.1 Å². The van der Waals surface area contributed by atoms with Gasteiger partial charge in [0.1, 0.15) is 6.61 Å². The van der Waals surface area contributed by atoms with Crippen molar-refractivity contribution < 1.29 is 4.74 Å². The van der Waals surface area contributed by atoms with Gasteiger partial charge in [-0.2, -0.15) is 5.26 Å². The van der Waals surface area contributed by atoms with E-state index in [2.05, 4.69) is 16.4 Å². The molecule has 0 saturated carbocycles. The molecule has 4 nitrogen and oxygen atoms in total. The van der Waals surface area contributed by atoms with E-state index in [1.54, 1.807) is 12.3 Å². The number of nitriles is 1. The SMILES string of the molecule is N#Cc1ccccc1-c1cc(Nc2ccccc2)cnc1OCc1ccccc1. The number of para-hydroxylation sites is 1. The van der Waals surface area contributed by atoms with Crippen LogP contribution in [0, 0.1) is 11.3 Å². The van der Waals surface area contributed by atoms with Gasteiger partial charge in [0.15, 0.2) is 0 Å². The highest BCUT2D eigenvalue weighted by Crippen LogP contribution is 2.34. The Morgan fingerprint density at radius 2 is 1.48 bits per heavy atom. The Morgan fingerprint density at radius 3 is 2.24 bits per heavy atom. The molecular weight excluding hydrogens is 358 g/mol. The predicted octanol–water partition coefficient (Wildman–Crippen LogP) is 5.94. The van der Waals surface area contributed by atoms with Gasteiger partial charge in [-0.25, -0.2) is 4.98 Å². The monoisotopic (exact) mass is 377 g/mol. The third kappa shape index (κ3) is 4.42. The highest BCUT2D eigenvalue weighted by Gasteiger charge is 2.14. The molecule has 1 N–H and O–H groups in total. The maximum atomic E-state index is 9.56. The standard InChI is InChI=1S/C25H19N3O/c26-16-20-11-7-8-14-23(20)24-15-22(28-21-12-5-2-6-13-21)17-27-25(24)29-18-19-9-3-1-4-10-19/h1-15,17,28H,18H2. The summed E-state index contributed by atoms with van der Waals surface area (Å²) in [6.07, 6.45) is 1.74. The third-order valence-corrected chi connectivity index (χ3v) is 4.47. The van der Waals surface area contributed by atoms with E-state index in [1.807, 2.05) is 84.9 Å². The fourth-order valence-electron chi connectivity index (χ4n) is 3.06. The summed E-state index contributed by atoms with van der Waals surface area (Å²) in [6.45, 7) is 0.404. The summed E-state index contributed by atoms with van der Waals surface area (Å²) in [5, 5.41) is 12.9. The lowest BCUT2D eigenvalue weighted by Gasteiger charge is -2.14. The Morgan fingerprint density at radius 1 is 0.793 bits per heavy atom. The van der Waals surface area contributed by atoms with E-state index in [0.717, 1.165) is 28.1 Å². The lowest BCUT2D eigenvalue weighted by atomic mass is 10.0. The summed E-state index contributed by atoms with van der Waals surface area (Å²) in [4.78, 5) is 4.55. The van der Waals surface area contributed by atoms with Crippen molar-refractivity contribution in [3.8, 4) is 23.1 Å². The summed E-state index contributed by atoms with van der Waals surface area (Å²) in [6, 6.07) is 31.5. The molecule has 1 heterocycles. The van der Waals surface area contributed by atoms with Crippen LogP contribution in [-0.4, -0.2) is 4.98 Å². The molecule has 0 saturated heterocycles. The molecule has 4 heteroatoms. The van der Waals surface area contributed by atoms with Crippen molar-refractivity contribution >= 4 is 11.4 Å². The first-order chi connectivity index (χ1) is 14.3. The average molecular weight is 377 g/mol. The van der Waals surface area contributed by atoms with Crippen LogP contribution >= 0.6 is 0 Å². The molecule has 0 bridgehead atoms. The minimum Gasteiger partial charge on any atom is -0.472 e. The number of pyridine rings is 1. The second kappa shape index (κ2) is 8.73. The van der Waals surface area contributed by atoms with Crippen molar-refractivity contribution in [2.75, 3.05) is 5.32 Å². The number of benzene rings is 3. The largest absolute Gasteiger partial charge is 0.472 e. The van der Waals surface area contributed by atoms with Gasteiger partial charge in [0.2, 0.25) is 5.88 Å². The van der Waals surface area contributed by atoms with Crippen molar-refractivity contribution in [3.63, 3.8) is 0 Å². The number of aromatic nitrogens is 1. The van der Waals surface area contributed by atoms with Gasteiger partial charge in [-0.1, -0.05) is 66.7 Å². The zero-order valence-electron chi connectivity index (χ0n) is 15.7. The molecule has 1 aromatic heterocycles. The van der Waals surface area contributed by atoms with Gasteiger partial charge in [0, 0.05) is 16.8 Å². The third-order valence-electron chi connectivity index (χ3n) is 4.47. The van der Waals surface area contributed by atoms with Crippen molar-refractivity contribution in [1.29, 1.82) is 5.26 Å². The van der Waals surface area contributed by atoms with Gasteiger partial charge < -0.3 is 10.1 Å². The van der Waals surface area contributed by atoms with Gasteiger partial charge in [-0.15, -0.1) is 0 Å². The smallest absolute Gasteiger partial charge is 0.221 e. The second-order valence-corrected chi connectivity index (χ2v) is 6.50. The van der Waals surface area contributed by atoms with Crippen molar-refractivity contribution in [2.24, 2.45) is 0 Å². The molecule has 0 spiro atoms. The Bertz CT molecular complexity index is 1140. The van der Waals surface area contributed by atoms with Crippen molar-refractivity contribution in [1.82, 2.24) is 4.98 Å². The summed E-state index contributed by atoms with van der Waals surface area (Å²) >= 11 is 0. The Hall–Kier alpha value is -4.10. The molecule has 140 valence electrons. The lowest BCUT2D eigenvalue weighted by Crippen LogP contribution is -2.01. The Kier molecular flexibility index (Phi) is 5.50. The predicted molar refractivity (Wildman–Crippen MR) is 115 cm³/mol. The number of anilines is 2. The summed E-state index contributed by atoms with van der Waals surface area (Å²) in [7, 11) is 0. The van der Waals surface area contributed by atoms with E-state index < -0.39 is 0 Å². The highest BCUT2D eigenvalue weighted by atomic mass is 16.5. The first-order valence-corrected chi connectivity index (χ1v) is 9.32. The van der Waals surface area contributed by atoms with E-state index in [-0.39, 0.29) is 0 Å². The van der Waals surface area contributed by atoms with Crippen molar-refractivity contribution in [2.45, 2.75) is 6.61 Å². The van der Waals surface area contributed by atoms with Crippen LogP contribution in [0.2, 0.25) is 0 Å². The van der Waals surface area contributed by atoms with Gasteiger partial charge >= 0.3 is 0 Å². The van der Waals surface area contributed by atoms with E-state index in [9.17, 15) is 5.26 Å². The maximum Gasteiger partial charge on any atom is 0.221 e. The molecule has 0 fully saturated rings. The zero-order valence-corrected chi connectivity index (χ0v) is 15.7. The van der Waals surface area contributed by atoms with Crippen LogP contribution in [-0.2, 0) is 6.61 Å². The highest BCUT2D eigenvalue weighted by molar-refractivity contribution is 5.78. The van der Waals surface area contributed by atoms with E-state index in [0.29, 0.717) is 18.1 Å². The minimum atomic E-state index is 0.404. The molecule has 4 aromatic rings. The zero-order chi connectivity index (χ0) is 19.9. The van der Waals surface area contributed by atoms with E-state index in [4.69, 9.17) is 4.74 Å². The molecule has 0 radical (unpaired) electrons. The van der Waals surface area contributed by atoms with Crippen LogP contribution in [0.15, 0.2) is 97.2 Å². The Labute approximate surface area is 170 Å². The molecule has 0 aliphatic heterocycles. The second-order valence-electron chi connectivity index (χ2n) is 6.50. The van der Waals surface area contributed by atoms with Crippen LogP contribution in [0.3, 0.4) is 0 Å². The number of hydrogen-bond acceptors (Lipinski definition) is 4. The van der Waals surface area contributed by atoms with Crippen LogP contribution < -0.4 is 10.1 Å². The molecule has 0 amide bonds. The first-order valence-electron chi connectivity index (χ1n) is 9.32. The van der Waals surface area contributed by atoms with Gasteiger partial charge in [0.05, 0.1) is 23.5 Å². The molecule has 0 unspecified atom stereocenters. The van der Waals surface area contributed by atoms with Gasteiger partial charge in [-0.3, -0.25) is 0 Å². The summed E-state index contributed by atoms with van der Waals surface area (Å²) < 4.78 is 6.03. The molecule has 3 aromatic carbocycles. The fourth-order valence-corrected chi connectivity index (χ4v) is 3.06. The Balaban J connectivity index is 1.71. The van der Waals surface area contributed by atoms with Crippen LogP contribution in [0.5, 0.6) is 5.88 Å². The fraction of sp³-hybridized carbons (Fsp3) is 0.0400. The van der Waals surface area contributed by atoms with Crippen molar-refractivity contribution in [3.05, 3.63) is 108 Å². The average Bonchev–Trinajstić information content (AvgIpc) is 2.79. The van der Waals surface area contributed by atoms with E-state index in [1.165, 1.54) is 0 Å². The molecular formula is C25H19N3O. The molecule has 0 aliphatic carbocycles. The molecule has 29 heavy (non-hydrogen) atoms. The van der Waals surface area contributed by atoms with Gasteiger partial charge in [0.25, 0.3) is 0 Å². The van der Waals surface area contributed by atoms with E-state index >= 15 is 0 Å². The topological polar surface area (TPSA) is 57.9 Å². The number of ether oxygens (including phenoxy) is 1. The summed E-state index contributed by atoms with van der Waals surface area (Å²) in [5.41, 5.74) is 5.00. The summed E-state index contributed by atoms with van der Waals surface area (Å²) in [5.74, 6) is 0.496. The van der Waals surface area contributed by atoms with Crippen LogP contribution in [0.4, 0.5) is 11.4 Å². The number of nitrogens with one attached hydrogen (secondary N) is 1. The minimum absolute atomic E-state index is 0.404. The molecule has 0 aliphatic rings. The number of hydrogen-bond donors (Lipinski definition) is 1. The number of nitrogens with zero attached hydrogens (tertiary/aromatic N) is 2.